The molecule has 1 fully saturated rings. The Bertz CT molecular complexity index is 352. The van der Waals surface area contributed by atoms with E-state index in [4.69, 9.17) is 11.3 Å². The molecule has 1 atom stereocenters. The van der Waals surface area contributed by atoms with Gasteiger partial charge in [-0.15, -0.1) is 0 Å². The van der Waals surface area contributed by atoms with Crippen molar-refractivity contribution in [2.45, 2.75) is 44.7 Å². The molecule has 1 amide bonds. The quantitative estimate of drug-likeness (QED) is 0.325. The van der Waals surface area contributed by atoms with Crippen molar-refractivity contribution in [1.29, 1.82) is 0 Å². The summed E-state index contributed by atoms with van der Waals surface area (Å²) in [6.07, 6.45) is 2.38. The van der Waals surface area contributed by atoms with Crippen molar-refractivity contribution in [1.82, 2.24) is 10.2 Å². The Kier molecular flexibility index (Phi) is 6.08. The van der Waals surface area contributed by atoms with E-state index in [2.05, 4.69) is 34.1 Å². The predicted octanol–water partition coefficient (Wildman–Crippen LogP) is 1.00. The number of nitrogens with one attached hydrogen (secondary N) is 1. The highest BCUT2D eigenvalue weighted by Gasteiger charge is 2.37. The lowest BCUT2D eigenvalue weighted by atomic mass is 9.89. The average Bonchev–Trinajstić information content (AvgIpc) is 2.58. The Morgan fingerprint density at radius 3 is 2.84 bits per heavy atom. The first-order valence-corrected chi connectivity index (χ1v) is 6.82. The van der Waals surface area contributed by atoms with Gasteiger partial charge in [0.2, 0.25) is 5.91 Å². The van der Waals surface area contributed by atoms with Gasteiger partial charge in [0.15, 0.2) is 0 Å². The van der Waals surface area contributed by atoms with E-state index in [1.54, 1.807) is 0 Å². The van der Waals surface area contributed by atoms with Crippen LogP contribution in [0.3, 0.4) is 0 Å². The summed E-state index contributed by atoms with van der Waals surface area (Å²) < 4.78 is 0. The number of hydrogen-bond acceptors (Lipinski definition) is 4. The van der Waals surface area contributed by atoms with Crippen LogP contribution in [0.1, 0.15) is 33.1 Å². The summed E-state index contributed by atoms with van der Waals surface area (Å²) in [6.45, 7) is 6.98. The zero-order valence-electron chi connectivity index (χ0n) is 11.8. The van der Waals surface area contributed by atoms with Crippen LogP contribution < -0.4 is 11.1 Å². The summed E-state index contributed by atoms with van der Waals surface area (Å²) >= 11 is 0. The lowest BCUT2D eigenvalue weighted by molar-refractivity contribution is -0.125. The molecule has 1 saturated heterocycles. The maximum Gasteiger partial charge on any atom is 0.237 e. The first-order chi connectivity index (χ1) is 9.02. The minimum atomic E-state index is -0.658. The largest absolute Gasteiger partial charge is 0.368 e. The van der Waals surface area contributed by atoms with E-state index in [0.29, 0.717) is 25.6 Å². The second-order valence-electron chi connectivity index (χ2n) is 5.31. The Morgan fingerprint density at radius 1 is 1.53 bits per heavy atom. The fraction of sp³-hybridized carbons (Fsp3) is 0.917. The summed E-state index contributed by atoms with van der Waals surface area (Å²) in [5.74, 6) is -0.306. The van der Waals surface area contributed by atoms with Crippen molar-refractivity contribution in [3.05, 3.63) is 10.4 Å². The van der Waals surface area contributed by atoms with Crippen LogP contribution in [0.5, 0.6) is 0 Å². The maximum atomic E-state index is 11.8. The number of carbonyl (C=O) groups excluding carboxylic acids is 1. The van der Waals surface area contributed by atoms with Crippen LogP contribution in [-0.2, 0) is 4.79 Å². The molecule has 0 bridgehead atoms. The topological polar surface area (TPSA) is 107 Å². The lowest BCUT2D eigenvalue weighted by Gasteiger charge is -2.31. The number of primary amides is 1. The van der Waals surface area contributed by atoms with Gasteiger partial charge < -0.3 is 16.0 Å². The fourth-order valence-corrected chi connectivity index (χ4v) is 2.57. The molecule has 3 N–H and O–H groups in total. The maximum absolute atomic E-state index is 11.8. The van der Waals surface area contributed by atoms with Crippen LogP contribution >= 0.6 is 0 Å². The van der Waals surface area contributed by atoms with Crippen LogP contribution in [0.15, 0.2) is 5.11 Å². The average molecular weight is 268 g/mol. The van der Waals surface area contributed by atoms with E-state index < -0.39 is 5.54 Å². The van der Waals surface area contributed by atoms with Crippen molar-refractivity contribution in [2.75, 3.05) is 26.2 Å². The molecule has 0 saturated carbocycles. The molecule has 0 aromatic carbocycles. The number of nitrogens with two attached hydrogens (primary N) is 1. The number of azide groups is 1. The third-order valence-electron chi connectivity index (χ3n) is 3.82. The van der Waals surface area contributed by atoms with E-state index in [1.165, 1.54) is 0 Å². The van der Waals surface area contributed by atoms with E-state index in [9.17, 15) is 4.79 Å². The van der Waals surface area contributed by atoms with E-state index >= 15 is 0 Å². The zero-order chi connectivity index (χ0) is 14.3. The Labute approximate surface area is 114 Å². The van der Waals surface area contributed by atoms with Crippen molar-refractivity contribution in [3.63, 3.8) is 0 Å². The molecule has 1 unspecified atom stereocenters. The van der Waals surface area contributed by atoms with Gasteiger partial charge in [0, 0.05) is 30.6 Å². The number of hydrogen-bond donors (Lipinski definition) is 2. The van der Waals surface area contributed by atoms with Gasteiger partial charge in [0.05, 0.1) is 5.54 Å². The Morgan fingerprint density at radius 2 is 2.26 bits per heavy atom. The third kappa shape index (κ3) is 4.38. The number of likely N-dealkylation sites (tertiary alicyclic amines) is 1. The van der Waals surface area contributed by atoms with Crippen molar-refractivity contribution >= 4 is 5.91 Å². The third-order valence-corrected chi connectivity index (χ3v) is 3.82. The summed E-state index contributed by atoms with van der Waals surface area (Å²) in [5.41, 5.74) is 13.2. The molecular weight excluding hydrogens is 244 g/mol. The molecular formula is C12H24N6O. The van der Waals surface area contributed by atoms with Crippen LogP contribution in [-0.4, -0.2) is 48.6 Å². The second kappa shape index (κ2) is 7.33. The smallest absolute Gasteiger partial charge is 0.237 e. The van der Waals surface area contributed by atoms with Crippen LogP contribution in [0.2, 0.25) is 0 Å². The van der Waals surface area contributed by atoms with Gasteiger partial charge in [-0.3, -0.25) is 4.79 Å². The monoisotopic (exact) mass is 268 g/mol. The molecule has 7 nitrogen and oxygen atoms in total. The summed E-state index contributed by atoms with van der Waals surface area (Å²) in [4.78, 5) is 16.9. The van der Waals surface area contributed by atoms with E-state index in [0.717, 1.165) is 25.9 Å². The van der Waals surface area contributed by atoms with E-state index in [1.807, 2.05) is 0 Å². The summed E-state index contributed by atoms with van der Waals surface area (Å²) in [5, 5.41) is 6.67. The molecule has 0 aliphatic carbocycles. The van der Waals surface area contributed by atoms with Gasteiger partial charge in [-0.05, 0) is 45.2 Å². The molecule has 1 heterocycles. The number of nitrogens with zero attached hydrogens (tertiary/aromatic N) is 4. The number of amides is 1. The van der Waals surface area contributed by atoms with E-state index in [-0.39, 0.29) is 5.91 Å². The summed E-state index contributed by atoms with van der Waals surface area (Å²) in [6, 6.07) is 0.479. The highest BCUT2D eigenvalue weighted by Crippen LogP contribution is 2.23. The molecule has 19 heavy (non-hydrogen) atoms. The normalized spacial score (nSPS) is 24.8. The van der Waals surface area contributed by atoms with Crippen molar-refractivity contribution < 1.29 is 4.79 Å². The molecule has 0 aromatic heterocycles. The molecule has 0 spiro atoms. The van der Waals surface area contributed by atoms with Crippen LogP contribution in [0.25, 0.3) is 10.4 Å². The number of rotatable bonds is 6. The highest BCUT2D eigenvalue weighted by molar-refractivity contribution is 5.84. The minimum Gasteiger partial charge on any atom is -0.368 e. The van der Waals surface area contributed by atoms with Gasteiger partial charge in [0.1, 0.15) is 0 Å². The molecule has 0 radical (unpaired) electrons. The van der Waals surface area contributed by atoms with Gasteiger partial charge in [-0.1, -0.05) is 5.11 Å². The Hall–Kier alpha value is -1.30. The first kappa shape index (κ1) is 15.8. The minimum absolute atomic E-state index is 0.306. The van der Waals surface area contributed by atoms with Gasteiger partial charge in [0.25, 0.3) is 0 Å². The van der Waals surface area contributed by atoms with Crippen molar-refractivity contribution in [3.8, 4) is 0 Å². The first-order valence-electron chi connectivity index (χ1n) is 6.82. The fourth-order valence-electron chi connectivity index (χ4n) is 2.57. The van der Waals surface area contributed by atoms with Crippen LogP contribution in [0, 0.1) is 0 Å². The standard InChI is InChI=1S/C12H24N6O/c1-10(2)18-8-3-4-12(5-9-18,11(13)19)15-6-7-16-17-14/h10,15H,3-9H2,1-2H3,(H2,13,19). The van der Waals surface area contributed by atoms with Gasteiger partial charge in [-0.25, -0.2) is 0 Å². The molecule has 1 aliphatic heterocycles. The Balaban J connectivity index is 2.65. The molecule has 1 rings (SSSR count). The van der Waals surface area contributed by atoms with Crippen LogP contribution in [0.4, 0.5) is 0 Å². The highest BCUT2D eigenvalue weighted by atomic mass is 16.1. The predicted molar refractivity (Wildman–Crippen MR) is 74.5 cm³/mol. The molecule has 1 aliphatic rings. The zero-order valence-corrected chi connectivity index (χ0v) is 11.8. The molecule has 108 valence electrons. The van der Waals surface area contributed by atoms with Gasteiger partial charge in [-0.2, -0.15) is 0 Å². The van der Waals surface area contributed by atoms with Crippen molar-refractivity contribution in [2.24, 2.45) is 10.8 Å². The SMILES string of the molecule is CC(C)N1CCCC(NCCN=[N+]=[N-])(C(N)=O)CC1. The molecule has 0 aromatic rings. The second-order valence-corrected chi connectivity index (χ2v) is 5.31. The molecule has 7 heteroatoms. The van der Waals surface area contributed by atoms with Gasteiger partial charge >= 0.3 is 0 Å². The number of carbonyl (C=O) groups is 1. The lowest BCUT2D eigenvalue weighted by Crippen LogP contribution is -2.56. The summed E-state index contributed by atoms with van der Waals surface area (Å²) in [7, 11) is 0.